The van der Waals surface area contributed by atoms with Crippen LogP contribution < -0.4 is 10.1 Å². The molecule has 0 aliphatic carbocycles. The Hall–Kier alpha value is -1.89. The summed E-state index contributed by atoms with van der Waals surface area (Å²) in [4.78, 5) is 15.9. The van der Waals surface area contributed by atoms with Crippen LogP contribution in [0, 0.1) is 0 Å². The molecule has 0 bridgehead atoms. The highest BCUT2D eigenvalue weighted by atomic mass is 32.1. The van der Waals surface area contributed by atoms with Crippen molar-refractivity contribution in [1.82, 2.24) is 10.2 Å². The van der Waals surface area contributed by atoms with Crippen molar-refractivity contribution < 1.29 is 14.3 Å². The number of nitrogens with one attached hydrogen (secondary N) is 1. The van der Waals surface area contributed by atoms with E-state index in [2.05, 4.69) is 27.7 Å². The number of carbonyl (C=O) groups excluding carboxylic acids is 1. The van der Waals surface area contributed by atoms with Crippen LogP contribution in [0.4, 0.5) is 0 Å². The Kier molecular flexibility index (Phi) is 7.68. The maximum absolute atomic E-state index is 12.5. The van der Waals surface area contributed by atoms with Gasteiger partial charge in [-0.2, -0.15) is 0 Å². The van der Waals surface area contributed by atoms with E-state index >= 15 is 0 Å². The quantitative estimate of drug-likeness (QED) is 0.680. The summed E-state index contributed by atoms with van der Waals surface area (Å²) in [5.74, 6) is 0.910. The lowest BCUT2D eigenvalue weighted by atomic mass is 10.1. The van der Waals surface area contributed by atoms with Crippen molar-refractivity contribution in [2.24, 2.45) is 0 Å². The number of para-hydroxylation sites is 1. The molecule has 1 saturated heterocycles. The highest BCUT2D eigenvalue weighted by molar-refractivity contribution is 7.09. The van der Waals surface area contributed by atoms with Crippen LogP contribution in [0.5, 0.6) is 5.75 Å². The van der Waals surface area contributed by atoms with Crippen LogP contribution in [0.2, 0.25) is 0 Å². The molecule has 0 spiro atoms. The molecule has 0 saturated carbocycles. The van der Waals surface area contributed by atoms with Crippen LogP contribution in [0.15, 0.2) is 41.8 Å². The third kappa shape index (κ3) is 6.34. The summed E-state index contributed by atoms with van der Waals surface area (Å²) in [6.45, 7) is 3.28. The Labute approximate surface area is 165 Å². The zero-order valence-corrected chi connectivity index (χ0v) is 16.7. The normalized spacial score (nSPS) is 16.6. The van der Waals surface area contributed by atoms with Gasteiger partial charge in [0.25, 0.3) is 0 Å². The van der Waals surface area contributed by atoms with E-state index in [9.17, 15) is 4.79 Å². The number of nitrogens with zero attached hydrogens (tertiary/aromatic N) is 1. The number of hydrogen-bond donors (Lipinski definition) is 1. The van der Waals surface area contributed by atoms with Gasteiger partial charge in [0, 0.05) is 36.7 Å². The van der Waals surface area contributed by atoms with Gasteiger partial charge in [-0.3, -0.25) is 9.69 Å². The maximum atomic E-state index is 12.5. The topological polar surface area (TPSA) is 50.8 Å². The second-order valence-electron chi connectivity index (χ2n) is 6.80. The molecule has 1 aromatic carbocycles. The first kappa shape index (κ1) is 19.9. The average molecular weight is 389 g/mol. The molecule has 1 N–H and O–H groups in total. The Morgan fingerprint density at radius 2 is 2.22 bits per heavy atom. The molecule has 6 heteroatoms. The molecule has 1 atom stereocenters. The third-order valence-electron chi connectivity index (χ3n) is 4.71. The van der Waals surface area contributed by atoms with E-state index in [1.165, 1.54) is 4.88 Å². The number of thiophene rings is 1. The van der Waals surface area contributed by atoms with E-state index in [1.54, 1.807) is 18.4 Å². The van der Waals surface area contributed by atoms with E-state index in [-0.39, 0.29) is 12.0 Å². The molecule has 5 nitrogen and oxygen atoms in total. The van der Waals surface area contributed by atoms with Gasteiger partial charge in [-0.15, -0.1) is 11.3 Å². The molecule has 2 aromatic rings. The number of benzene rings is 1. The van der Waals surface area contributed by atoms with Gasteiger partial charge in [-0.05, 0) is 36.8 Å². The largest absolute Gasteiger partial charge is 0.496 e. The Morgan fingerprint density at radius 3 is 2.96 bits per heavy atom. The number of amides is 1. The molecule has 1 fully saturated rings. The van der Waals surface area contributed by atoms with Crippen LogP contribution in [-0.2, 0) is 22.5 Å². The Morgan fingerprint density at radius 1 is 1.33 bits per heavy atom. The molecular formula is C21H28N2O3S. The Bertz CT molecular complexity index is 699. The van der Waals surface area contributed by atoms with E-state index in [1.807, 2.05) is 24.3 Å². The summed E-state index contributed by atoms with van der Waals surface area (Å²) >= 11 is 1.72. The number of hydrogen-bond acceptors (Lipinski definition) is 5. The van der Waals surface area contributed by atoms with Crippen molar-refractivity contribution in [3.05, 3.63) is 52.2 Å². The van der Waals surface area contributed by atoms with E-state index in [0.717, 1.165) is 43.7 Å². The molecule has 1 amide bonds. The highest BCUT2D eigenvalue weighted by Gasteiger charge is 2.21. The fourth-order valence-electron chi connectivity index (χ4n) is 3.37. The van der Waals surface area contributed by atoms with Crippen molar-refractivity contribution in [2.75, 3.05) is 33.4 Å². The molecule has 0 radical (unpaired) electrons. The number of methoxy groups -OCH3 is 1. The molecular weight excluding hydrogens is 360 g/mol. The predicted molar refractivity (Wildman–Crippen MR) is 108 cm³/mol. The molecule has 1 aliphatic heterocycles. The van der Waals surface area contributed by atoms with E-state index in [4.69, 9.17) is 9.47 Å². The molecule has 3 rings (SSSR count). The number of rotatable bonds is 10. The average Bonchev–Trinajstić information content (AvgIpc) is 3.36. The first-order valence-electron chi connectivity index (χ1n) is 9.49. The number of ether oxygens (including phenoxy) is 2. The minimum absolute atomic E-state index is 0.0550. The van der Waals surface area contributed by atoms with Crippen LogP contribution >= 0.6 is 11.3 Å². The zero-order chi connectivity index (χ0) is 18.9. The first-order valence-corrected chi connectivity index (χ1v) is 10.4. The standard InChI is InChI=1S/C21H28N2O3S/c1-25-20-9-3-2-6-17(20)14-23(15-18-7-4-12-26-18)16-21(24)22-11-10-19-8-5-13-27-19/h2-3,5-6,8-9,13,18H,4,7,10-12,14-16H2,1H3,(H,22,24). The minimum Gasteiger partial charge on any atom is -0.496 e. The molecule has 2 heterocycles. The fraction of sp³-hybridized carbons (Fsp3) is 0.476. The van der Waals surface area contributed by atoms with Crippen LogP contribution in [-0.4, -0.2) is 50.3 Å². The van der Waals surface area contributed by atoms with E-state index in [0.29, 0.717) is 19.6 Å². The summed E-state index contributed by atoms with van der Waals surface area (Å²) in [5.41, 5.74) is 1.09. The molecule has 27 heavy (non-hydrogen) atoms. The summed E-state index contributed by atoms with van der Waals surface area (Å²) in [5, 5.41) is 5.11. The van der Waals surface area contributed by atoms with Gasteiger partial charge >= 0.3 is 0 Å². The lowest BCUT2D eigenvalue weighted by Crippen LogP contribution is -2.41. The second-order valence-corrected chi connectivity index (χ2v) is 7.83. The zero-order valence-electron chi connectivity index (χ0n) is 15.9. The SMILES string of the molecule is COc1ccccc1CN(CC(=O)NCCc1cccs1)CC1CCCO1. The summed E-state index contributed by atoms with van der Waals surface area (Å²) in [7, 11) is 1.68. The fourth-order valence-corrected chi connectivity index (χ4v) is 4.08. The van der Waals surface area contributed by atoms with Crippen LogP contribution in [0.1, 0.15) is 23.3 Å². The monoisotopic (exact) mass is 388 g/mol. The predicted octanol–water partition coefficient (Wildman–Crippen LogP) is 3.10. The van der Waals surface area contributed by atoms with Gasteiger partial charge in [0.05, 0.1) is 19.8 Å². The van der Waals surface area contributed by atoms with Gasteiger partial charge < -0.3 is 14.8 Å². The maximum Gasteiger partial charge on any atom is 0.234 e. The molecule has 1 aliphatic rings. The van der Waals surface area contributed by atoms with Crippen LogP contribution in [0.3, 0.4) is 0 Å². The lowest BCUT2D eigenvalue weighted by molar-refractivity contribution is -0.122. The van der Waals surface area contributed by atoms with Crippen molar-refractivity contribution in [1.29, 1.82) is 0 Å². The molecule has 1 unspecified atom stereocenters. The second kappa shape index (κ2) is 10.4. The summed E-state index contributed by atoms with van der Waals surface area (Å²) in [6, 6.07) is 12.1. The van der Waals surface area contributed by atoms with Gasteiger partial charge in [-0.25, -0.2) is 0 Å². The van der Waals surface area contributed by atoms with Crippen molar-refractivity contribution in [3.63, 3.8) is 0 Å². The molecule has 146 valence electrons. The third-order valence-corrected chi connectivity index (χ3v) is 5.65. The van der Waals surface area contributed by atoms with Crippen molar-refractivity contribution in [3.8, 4) is 5.75 Å². The van der Waals surface area contributed by atoms with E-state index < -0.39 is 0 Å². The van der Waals surface area contributed by atoms with Gasteiger partial charge in [0.15, 0.2) is 0 Å². The summed E-state index contributed by atoms with van der Waals surface area (Å²) < 4.78 is 11.3. The van der Waals surface area contributed by atoms with Gasteiger partial charge in [-0.1, -0.05) is 24.3 Å². The molecule has 1 aromatic heterocycles. The highest BCUT2D eigenvalue weighted by Crippen LogP contribution is 2.21. The van der Waals surface area contributed by atoms with Gasteiger partial charge in [0.2, 0.25) is 5.91 Å². The van der Waals surface area contributed by atoms with Crippen LogP contribution in [0.25, 0.3) is 0 Å². The summed E-state index contributed by atoms with van der Waals surface area (Å²) in [6.07, 6.45) is 3.24. The van der Waals surface area contributed by atoms with Crippen molar-refractivity contribution in [2.45, 2.75) is 31.9 Å². The smallest absolute Gasteiger partial charge is 0.234 e. The van der Waals surface area contributed by atoms with Crippen molar-refractivity contribution >= 4 is 17.2 Å². The number of carbonyl (C=O) groups is 1. The Balaban J connectivity index is 1.56. The lowest BCUT2D eigenvalue weighted by Gasteiger charge is -2.25. The van der Waals surface area contributed by atoms with Gasteiger partial charge in [0.1, 0.15) is 5.75 Å². The minimum atomic E-state index is 0.0550. The first-order chi connectivity index (χ1) is 13.2.